The normalized spacial score (nSPS) is 25.7. The zero-order chi connectivity index (χ0) is 15.6. The van der Waals surface area contributed by atoms with E-state index in [9.17, 15) is 13.5 Å². The standard InChI is InChI=1S/C15H23NO4S/c1-4-16-11(3)12-5-6-14(10(2)7-12)20-15-9-21(18,19)8-13(15)17/h5-7,11,13,15-17H,4,8-9H2,1-3H3. The number of ether oxygens (including phenoxy) is 1. The Balaban J connectivity index is 2.11. The summed E-state index contributed by atoms with van der Waals surface area (Å²) in [5.41, 5.74) is 2.09. The van der Waals surface area contributed by atoms with Crippen molar-refractivity contribution in [1.82, 2.24) is 5.32 Å². The molecule has 2 rings (SSSR count). The highest BCUT2D eigenvalue weighted by atomic mass is 32.2. The van der Waals surface area contributed by atoms with Crippen LogP contribution in [0, 0.1) is 6.92 Å². The molecule has 0 aliphatic carbocycles. The van der Waals surface area contributed by atoms with E-state index >= 15 is 0 Å². The van der Waals surface area contributed by atoms with E-state index in [-0.39, 0.29) is 17.5 Å². The minimum Gasteiger partial charge on any atom is -0.486 e. The Morgan fingerprint density at radius 2 is 2.14 bits per heavy atom. The van der Waals surface area contributed by atoms with Crippen molar-refractivity contribution >= 4 is 9.84 Å². The predicted molar refractivity (Wildman–Crippen MR) is 82.3 cm³/mol. The van der Waals surface area contributed by atoms with Crippen molar-refractivity contribution in [2.75, 3.05) is 18.1 Å². The lowest BCUT2D eigenvalue weighted by molar-refractivity contribution is 0.0733. The van der Waals surface area contributed by atoms with Gasteiger partial charge in [-0.1, -0.05) is 19.1 Å². The van der Waals surface area contributed by atoms with E-state index in [0.29, 0.717) is 5.75 Å². The third kappa shape index (κ3) is 3.96. The number of hydrogen-bond donors (Lipinski definition) is 2. The molecule has 1 aromatic rings. The largest absolute Gasteiger partial charge is 0.486 e. The molecule has 5 nitrogen and oxygen atoms in total. The monoisotopic (exact) mass is 313 g/mol. The van der Waals surface area contributed by atoms with Crippen LogP contribution in [0.15, 0.2) is 18.2 Å². The first-order chi connectivity index (χ1) is 9.82. The Labute approximate surface area is 126 Å². The van der Waals surface area contributed by atoms with Gasteiger partial charge in [0, 0.05) is 6.04 Å². The maximum absolute atomic E-state index is 11.5. The van der Waals surface area contributed by atoms with Crippen molar-refractivity contribution in [2.24, 2.45) is 0 Å². The van der Waals surface area contributed by atoms with Gasteiger partial charge >= 0.3 is 0 Å². The Morgan fingerprint density at radius 3 is 2.67 bits per heavy atom. The fourth-order valence-electron chi connectivity index (χ4n) is 2.57. The number of aryl methyl sites for hydroxylation is 1. The molecule has 0 amide bonds. The molecule has 1 aliphatic rings. The van der Waals surface area contributed by atoms with E-state index in [4.69, 9.17) is 4.74 Å². The molecule has 6 heteroatoms. The zero-order valence-electron chi connectivity index (χ0n) is 12.7. The quantitative estimate of drug-likeness (QED) is 0.854. The Morgan fingerprint density at radius 1 is 1.43 bits per heavy atom. The predicted octanol–water partition coefficient (Wildman–Crippen LogP) is 1.20. The van der Waals surface area contributed by atoms with Crippen LogP contribution in [0.25, 0.3) is 0 Å². The van der Waals surface area contributed by atoms with E-state index < -0.39 is 22.0 Å². The SMILES string of the molecule is CCNC(C)c1ccc(OC2CS(=O)(=O)CC2O)c(C)c1. The van der Waals surface area contributed by atoms with Gasteiger partial charge in [0.05, 0.1) is 11.5 Å². The molecule has 0 saturated carbocycles. The lowest BCUT2D eigenvalue weighted by atomic mass is 10.0. The van der Waals surface area contributed by atoms with Gasteiger partial charge in [0.15, 0.2) is 9.84 Å². The van der Waals surface area contributed by atoms with Gasteiger partial charge in [0.1, 0.15) is 18.0 Å². The fourth-order valence-corrected chi connectivity index (χ4v) is 4.23. The maximum atomic E-state index is 11.5. The third-order valence-electron chi connectivity index (χ3n) is 3.76. The van der Waals surface area contributed by atoms with Gasteiger partial charge in [-0.15, -0.1) is 0 Å². The van der Waals surface area contributed by atoms with Crippen LogP contribution in [0.3, 0.4) is 0 Å². The number of rotatable bonds is 5. The van der Waals surface area contributed by atoms with Gasteiger partial charge in [-0.3, -0.25) is 0 Å². The molecule has 0 radical (unpaired) electrons. The average molecular weight is 313 g/mol. The van der Waals surface area contributed by atoms with Crippen molar-refractivity contribution in [2.45, 2.75) is 39.0 Å². The van der Waals surface area contributed by atoms with Crippen LogP contribution < -0.4 is 10.1 Å². The van der Waals surface area contributed by atoms with Crippen LogP contribution in [0.1, 0.15) is 31.0 Å². The van der Waals surface area contributed by atoms with E-state index in [0.717, 1.165) is 17.7 Å². The van der Waals surface area contributed by atoms with Crippen LogP contribution >= 0.6 is 0 Å². The smallest absolute Gasteiger partial charge is 0.156 e. The van der Waals surface area contributed by atoms with Crippen molar-refractivity contribution in [1.29, 1.82) is 0 Å². The molecule has 1 heterocycles. The second kappa shape index (κ2) is 6.34. The molecular weight excluding hydrogens is 290 g/mol. The minimum absolute atomic E-state index is 0.122. The number of aliphatic hydroxyl groups is 1. The lowest BCUT2D eigenvalue weighted by Gasteiger charge is -2.19. The molecule has 3 unspecified atom stereocenters. The first-order valence-electron chi connectivity index (χ1n) is 7.21. The average Bonchev–Trinajstić information content (AvgIpc) is 2.65. The minimum atomic E-state index is -3.19. The summed E-state index contributed by atoms with van der Waals surface area (Å²) in [6.07, 6.45) is -1.62. The first kappa shape index (κ1) is 16.3. The highest BCUT2D eigenvalue weighted by Gasteiger charge is 2.38. The Hall–Kier alpha value is -1.11. The number of aliphatic hydroxyl groups excluding tert-OH is 1. The van der Waals surface area contributed by atoms with Gasteiger partial charge in [0.25, 0.3) is 0 Å². The summed E-state index contributed by atoms with van der Waals surface area (Å²) in [4.78, 5) is 0. The second-order valence-corrected chi connectivity index (χ2v) is 7.76. The molecule has 1 fully saturated rings. The molecular formula is C15H23NO4S. The molecule has 118 valence electrons. The topological polar surface area (TPSA) is 75.6 Å². The first-order valence-corrected chi connectivity index (χ1v) is 9.03. The van der Waals surface area contributed by atoms with Crippen molar-refractivity contribution in [3.05, 3.63) is 29.3 Å². The summed E-state index contributed by atoms with van der Waals surface area (Å²) in [6, 6.07) is 6.08. The molecule has 0 aromatic heterocycles. The Kier molecular flexibility index (Phi) is 4.91. The highest BCUT2D eigenvalue weighted by molar-refractivity contribution is 7.91. The van der Waals surface area contributed by atoms with Crippen LogP contribution in [-0.4, -0.2) is 43.8 Å². The summed E-state index contributed by atoms with van der Waals surface area (Å²) in [5.74, 6) is 0.290. The molecule has 1 aliphatic heterocycles. The molecule has 1 aromatic carbocycles. The molecule has 3 atom stereocenters. The highest BCUT2D eigenvalue weighted by Crippen LogP contribution is 2.26. The zero-order valence-corrected chi connectivity index (χ0v) is 13.5. The third-order valence-corrected chi connectivity index (χ3v) is 5.45. The summed E-state index contributed by atoms with van der Waals surface area (Å²) in [7, 11) is -3.19. The van der Waals surface area contributed by atoms with Crippen LogP contribution in [0.4, 0.5) is 0 Å². The summed E-state index contributed by atoms with van der Waals surface area (Å²) < 4.78 is 28.7. The lowest BCUT2D eigenvalue weighted by Crippen LogP contribution is -2.30. The van der Waals surface area contributed by atoms with E-state index in [1.54, 1.807) is 0 Å². The van der Waals surface area contributed by atoms with Crippen LogP contribution in [0.5, 0.6) is 5.75 Å². The molecule has 21 heavy (non-hydrogen) atoms. The number of hydrogen-bond acceptors (Lipinski definition) is 5. The second-order valence-electron chi connectivity index (χ2n) is 5.60. The number of sulfone groups is 1. The fraction of sp³-hybridized carbons (Fsp3) is 0.600. The summed E-state index contributed by atoms with van der Waals surface area (Å²) >= 11 is 0. The van der Waals surface area contributed by atoms with Crippen molar-refractivity contribution < 1.29 is 18.3 Å². The van der Waals surface area contributed by atoms with Crippen molar-refractivity contribution in [3.63, 3.8) is 0 Å². The van der Waals surface area contributed by atoms with Crippen LogP contribution in [-0.2, 0) is 9.84 Å². The van der Waals surface area contributed by atoms with E-state index in [1.165, 1.54) is 0 Å². The molecule has 2 N–H and O–H groups in total. The number of nitrogens with one attached hydrogen (secondary N) is 1. The Bertz CT molecular complexity index is 600. The van der Waals surface area contributed by atoms with Gasteiger partial charge in [-0.2, -0.15) is 0 Å². The number of benzene rings is 1. The molecule has 1 saturated heterocycles. The molecule has 0 spiro atoms. The molecule has 0 bridgehead atoms. The van der Waals surface area contributed by atoms with E-state index in [1.807, 2.05) is 25.1 Å². The summed E-state index contributed by atoms with van der Waals surface area (Å²) in [6.45, 7) is 6.97. The summed E-state index contributed by atoms with van der Waals surface area (Å²) in [5, 5.41) is 13.1. The van der Waals surface area contributed by atoms with E-state index in [2.05, 4.69) is 19.2 Å². The van der Waals surface area contributed by atoms with Gasteiger partial charge in [0.2, 0.25) is 0 Å². The van der Waals surface area contributed by atoms with Gasteiger partial charge < -0.3 is 15.2 Å². The van der Waals surface area contributed by atoms with Crippen molar-refractivity contribution in [3.8, 4) is 5.75 Å². The van der Waals surface area contributed by atoms with Gasteiger partial charge in [-0.25, -0.2) is 8.42 Å². The van der Waals surface area contributed by atoms with Gasteiger partial charge in [-0.05, 0) is 37.6 Å². The maximum Gasteiger partial charge on any atom is 0.156 e. The van der Waals surface area contributed by atoms with Crippen LogP contribution in [0.2, 0.25) is 0 Å².